The number of benzene rings is 1. The van der Waals surface area contributed by atoms with Gasteiger partial charge in [0.2, 0.25) is 5.91 Å². The predicted molar refractivity (Wildman–Crippen MR) is 86.4 cm³/mol. The number of carbonyl (C=O) groups excluding carboxylic acids is 1. The summed E-state index contributed by atoms with van der Waals surface area (Å²) >= 11 is 0. The molecule has 0 saturated carbocycles. The fraction of sp³-hybridized carbons (Fsp3) is 0.267. The summed E-state index contributed by atoms with van der Waals surface area (Å²) in [5.74, 6) is 0.668. The van der Waals surface area contributed by atoms with Gasteiger partial charge in [0, 0.05) is 29.6 Å². The van der Waals surface area contributed by atoms with Gasteiger partial charge in [-0.2, -0.15) is 0 Å². The molecule has 0 aliphatic carbocycles. The van der Waals surface area contributed by atoms with Crippen LogP contribution in [0, 0.1) is 6.92 Å². The molecule has 0 atom stereocenters. The first kappa shape index (κ1) is 17.1. The summed E-state index contributed by atoms with van der Waals surface area (Å²) in [7, 11) is 0. The Kier molecular flexibility index (Phi) is 6.78. The summed E-state index contributed by atoms with van der Waals surface area (Å²) in [6.07, 6.45) is 2.88. The van der Waals surface area contributed by atoms with Gasteiger partial charge >= 0.3 is 0 Å². The predicted octanol–water partition coefficient (Wildman–Crippen LogP) is 2.55. The molecule has 0 aliphatic heterocycles. The van der Waals surface area contributed by atoms with Crippen LogP contribution in [0.15, 0.2) is 36.5 Å². The number of aromatic nitrogens is 2. The first-order valence-corrected chi connectivity index (χ1v) is 6.59. The van der Waals surface area contributed by atoms with Gasteiger partial charge in [-0.05, 0) is 50.2 Å². The Bertz CT molecular complexity index is 586. The number of hydrogen-bond acceptors (Lipinski definition) is 4. The number of nitrogens with one attached hydrogen (secondary N) is 1. The number of nitrogens with zero attached hydrogens (tertiary/aromatic N) is 2. The van der Waals surface area contributed by atoms with Gasteiger partial charge in [0.15, 0.2) is 5.82 Å². The van der Waals surface area contributed by atoms with Crippen molar-refractivity contribution in [3.8, 4) is 11.4 Å². The molecule has 112 valence electrons. The molecule has 1 amide bonds. The summed E-state index contributed by atoms with van der Waals surface area (Å²) in [5.41, 5.74) is 7.99. The van der Waals surface area contributed by atoms with E-state index in [0.717, 1.165) is 16.9 Å². The van der Waals surface area contributed by atoms with Crippen LogP contribution in [0.5, 0.6) is 0 Å². The van der Waals surface area contributed by atoms with E-state index in [9.17, 15) is 4.79 Å². The van der Waals surface area contributed by atoms with Gasteiger partial charge in [-0.3, -0.25) is 4.79 Å². The molecule has 0 aliphatic rings. The second-order valence-electron chi connectivity index (χ2n) is 4.54. The van der Waals surface area contributed by atoms with Gasteiger partial charge < -0.3 is 11.1 Å². The van der Waals surface area contributed by atoms with Gasteiger partial charge in [0.05, 0.1) is 0 Å². The third-order valence-electron chi connectivity index (χ3n) is 2.83. The van der Waals surface area contributed by atoms with Crippen LogP contribution in [0.25, 0.3) is 11.4 Å². The first-order chi connectivity index (χ1) is 9.69. The summed E-state index contributed by atoms with van der Waals surface area (Å²) in [5, 5.41) is 2.83. The van der Waals surface area contributed by atoms with Crippen LogP contribution >= 0.6 is 12.4 Å². The lowest BCUT2D eigenvalue weighted by molar-refractivity contribution is -0.116. The Morgan fingerprint density at radius 3 is 2.57 bits per heavy atom. The van der Waals surface area contributed by atoms with E-state index >= 15 is 0 Å². The standard InChI is InChI=1S/C15H18N4O.ClH/c1-11-8-10-17-15(18-11)12-4-6-13(7-5-12)19-14(20)3-2-9-16;/h4-8,10H,2-3,9,16H2,1H3,(H,19,20);1H. The molecule has 2 aromatic rings. The zero-order valence-electron chi connectivity index (χ0n) is 11.9. The molecule has 5 nitrogen and oxygen atoms in total. The highest BCUT2D eigenvalue weighted by Crippen LogP contribution is 2.18. The maximum absolute atomic E-state index is 11.6. The van der Waals surface area contributed by atoms with Crippen molar-refractivity contribution in [1.29, 1.82) is 0 Å². The van der Waals surface area contributed by atoms with Gasteiger partial charge in [0.1, 0.15) is 0 Å². The second-order valence-corrected chi connectivity index (χ2v) is 4.54. The Morgan fingerprint density at radius 1 is 1.24 bits per heavy atom. The number of carbonyl (C=O) groups is 1. The maximum atomic E-state index is 11.6. The lowest BCUT2D eigenvalue weighted by Crippen LogP contribution is -2.13. The van der Waals surface area contributed by atoms with Gasteiger partial charge in [-0.25, -0.2) is 9.97 Å². The van der Waals surface area contributed by atoms with E-state index in [1.807, 2.05) is 37.3 Å². The Labute approximate surface area is 130 Å². The van der Waals surface area contributed by atoms with Crippen LogP contribution in [-0.2, 0) is 4.79 Å². The minimum absolute atomic E-state index is 0. The number of hydrogen-bond donors (Lipinski definition) is 2. The largest absolute Gasteiger partial charge is 0.330 e. The van der Waals surface area contributed by atoms with Gasteiger partial charge in [-0.1, -0.05) is 0 Å². The Hall–Kier alpha value is -1.98. The van der Waals surface area contributed by atoms with E-state index in [-0.39, 0.29) is 18.3 Å². The molecule has 0 radical (unpaired) electrons. The highest BCUT2D eigenvalue weighted by molar-refractivity contribution is 5.90. The van der Waals surface area contributed by atoms with Crippen molar-refractivity contribution < 1.29 is 4.79 Å². The normalized spacial score (nSPS) is 9.81. The van der Waals surface area contributed by atoms with Crippen LogP contribution < -0.4 is 11.1 Å². The molecule has 3 N–H and O–H groups in total. The van der Waals surface area contributed by atoms with Crippen molar-refractivity contribution in [3.63, 3.8) is 0 Å². The van der Waals surface area contributed by atoms with E-state index in [4.69, 9.17) is 5.73 Å². The van der Waals surface area contributed by atoms with Gasteiger partial charge in [0.25, 0.3) is 0 Å². The SMILES string of the molecule is Cc1ccnc(-c2ccc(NC(=O)CCCN)cc2)n1.Cl. The second kappa shape index (κ2) is 8.34. The first-order valence-electron chi connectivity index (χ1n) is 6.59. The summed E-state index contributed by atoms with van der Waals surface area (Å²) in [4.78, 5) is 20.2. The molecule has 21 heavy (non-hydrogen) atoms. The molecule has 0 bridgehead atoms. The Balaban J connectivity index is 0.00000220. The maximum Gasteiger partial charge on any atom is 0.224 e. The molecule has 0 saturated heterocycles. The van der Waals surface area contributed by atoms with Crippen molar-refractivity contribution in [1.82, 2.24) is 9.97 Å². The zero-order chi connectivity index (χ0) is 14.4. The van der Waals surface area contributed by atoms with Crippen LogP contribution in [0.2, 0.25) is 0 Å². The number of rotatable bonds is 5. The van der Waals surface area contributed by atoms with Crippen molar-refractivity contribution in [3.05, 3.63) is 42.2 Å². The number of halogens is 1. The molecule has 1 aromatic carbocycles. The molecule has 0 unspecified atom stereocenters. The smallest absolute Gasteiger partial charge is 0.224 e. The molecule has 1 aromatic heterocycles. The monoisotopic (exact) mass is 306 g/mol. The fourth-order valence-corrected chi connectivity index (χ4v) is 1.78. The van der Waals surface area contributed by atoms with Gasteiger partial charge in [-0.15, -0.1) is 12.4 Å². The molecule has 0 fully saturated rings. The fourth-order valence-electron chi connectivity index (χ4n) is 1.78. The van der Waals surface area contributed by atoms with Crippen molar-refractivity contribution in [2.24, 2.45) is 5.73 Å². The third-order valence-corrected chi connectivity index (χ3v) is 2.83. The summed E-state index contributed by atoms with van der Waals surface area (Å²) < 4.78 is 0. The summed E-state index contributed by atoms with van der Waals surface area (Å²) in [6.45, 7) is 2.45. The third kappa shape index (κ3) is 5.13. The van der Waals surface area contributed by atoms with E-state index < -0.39 is 0 Å². The van der Waals surface area contributed by atoms with E-state index in [2.05, 4.69) is 15.3 Å². The van der Waals surface area contributed by atoms with E-state index in [1.54, 1.807) is 6.20 Å². The van der Waals surface area contributed by atoms with Crippen molar-refractivity contribution in [2.45, 2.75) is 19.8 Å². The van der Waals surface area contributed by atoms with Crippen LogP contribution in [-0.4, -0.2) is 22.4 Å². The molecular formula is C15H19ClN4O. The average molecular weight is 307 g/mol. The minimum atomic E-state index is -0.0185. The quantitative estimate of drug-likeness (QED) is 0.889. The highest BCUT2D eigenvalue weighted by atomic mass is 35.5. The average Bonchev–Trinajstić information content (AvgIpc) is 2.46. The summed E-state index contributed by atoms with van der Waals surface area (Å²) in [6, 6.07) is 9.35. The lowest BCUT2D eigenvalue weighted by atomic mass is 10.2. The van der Waals surface area contributed by atoms with E-state index in [1.165, 1.54) is 0 Å². The Morgan fingerprint density at radius 2 is 1.95 bits per heavy atom. The molecule has 2 rings (SSSR count). The molecule has 0 spiro atoms. The molecule has 6 heteroatoms. The number of aryl methyl sites for hydroxylation is 1. The van der Waals surface area contributed by atoms with Crippen molar-refractivity contribution in [2.75, 3.05) is 11.9 Å². The van der Waals surface area contributed by atoms with Crippen LogP contribution in [0.1, 0.15) is 18.5 Å². The van der Waals surface area contributed by atoms with E-state index in [0.29, 0.717) is 25.2 Å². The number of amides is 1. The van der Waals surface area contributed by atoms with Crippen molar-refractivity contribution >= 4 is 24.0 Å². The number of nitrogens with two attached hydrogens (primary N) is 1. The zero-order valence-corrected chi connectivity index (χ0v) is 12.7. The van der Waals surface area contributed by atoms with Crippen LogP contribution in [0.4, 0.5) is 5.69 Å². The topological polar surface area (TPSA) is 80.9 Å². The molecule has 1 heterocycles. The lowest BCUT2D eigenvalue weighted by Gasteiger charge is -2.06. The highest BCUT2D eigenvalue weighted by Gasteiger charge is 2.04. The molecular weight excluding hydrogens is 288 g/mol. The minimum Gasteiger partial charge on any atom is -0.330 e. The number of anilines is 1. The van der Waals surface area contributed by atoms with Crippen LogP contribution in [0.3, 0.4) is 0 Å².